The average molecular weight is 248 g/mol. The Hall–Kier alpha value is -0.930. The van der Waals surface area contributed by atoms with Crippen LogP contribution in [0.15, 0.2) is 18.2 Å². The normalized spacial score (nSPS) is 27.7. The van der Waals surface area contributed by atoms with Crippen LogP contribution in [-0.2, 0) is 13.1 Å². The molecule has 1 aromatic rings. The van der Waals surface area contributed by atoms with Gasteiger partial charge in [-0.05, 0) is 47.9 Å². The summed E-state index contributed by atoms with van der Waals surface area (Å²) in [6.07, 6.45) is 4.18. The first-order valence-corrected chi connectivity index (χ1v) is 6.95. The fourth-order valence-electron chi connectivity index (χ4n) is 3.65. The van der Waals surface area contributed by atoms with Crippen molar-refractivity contribution in [1.29, 1.82) is 0 Å². The van der Waals surface area contributed by atoms with E-state index in [1.807, 2.05) is 6.07 Å². The largest absolute Gasteiger partial charge is 0.326 e. The van der Waals surface area contributed by atoms with Crippen molar-refractivity contribution in [1.82, 2.24) is 4.90 Å². The van der Waals surface area contributed by atoms with Crippen LogP contribution in [0.3, 0.4) is 0 Å². The molecule has 3 rings (SSSR count). The molecule has 2 nitrogen and oxygen atoms in total. The highest BCUT2D eigenvalue weighted by atomic mass is 19.1. The van der Waals surface area contributed by atoms with Gasteiger partial charge in [0.2, 0.25) is 0 Å². The second-order valence-corrected chi connectivity index (χ2v) is 5.82. The molecule has 2 fully saturated rings. The molecule has 2 N–H and O–H groups in total. The third-order valence-corrected chi connectivity index (χ3v) is 4.46. The summed E-state index contributed by atoms with van der Waals surface area (Å²) >= 11 is 0. The van der Waals surface area contributed by atoms with Gasteiger partial charge < -0.3 is 5.73 Å². The van der Waals surface area contributed by atoms with Gasteiger partial charge in [-0.25, -0.2) is 4.39 Å². The summed E-state index contributed by atoms with van der Waals surface area (Å²) in [4.78, 5) is 2.48. The van der Waals surface area contributed by atoms with E-state index in [0.29, 0.717) is 6.54 Å². The highest BCUT2D eigenvalue weighted by molar-refractivity contribution is 5.24. The van der Waals surface area contributed by atoms with Crippen LogP contribution in [-0.4, -0.2) is 18.0 Å². The van der Waals surface area contributed by atoms with Gasteiger partial charge in [-0.2, -0.15) is 0 Å². The third-order valence-electron chi connectivity index (χ3n) is 4.46. The molecule has 0 amide bonds. The van der Waals surface area contributed by atoms with E-state index in [4.69, 9.17) is 5.73 Å². The lowest BCUT2D eigenvalue weighted by atomic mass is 10.0. The van der Waals surface area contributed by atoms with Crippen molar-refractivity contribution in [3.8, 4) is 0 Å². The molecule has 2 atom stereocenters. The average Bonchev–Trinajstić information content (AvgIpc) is 2.88. The van der Waals surface area contributed by atoms with Crippen molar-refractivity contribution >= 4 is 0 Å². The quantitative estimate of drug-likeness (QED) is 0.890. The second-order valence-electron chi connectivity index (χ2n) is 5.82. The van der Waals surface area contributed by atoms with Gasteiger partial charge in [0.25, 0.3) is 0 Å². The summed E-state index contributed by atoms with van der Waals surface area (Å²) in [6, 6.07) is 5.21. The highest BCUT2D eigenvalue weighted by Gasteiger charge is 2.35. The van der Waals surface area contributed by atoms with Crippen LogP contribution in [0.25, 0.3) is 0 Å². The first-order valence-electron chi connectivity index (χ1n) is 6.95. The minimum atomic E-state index is -0.160. The number of benzene rings is 1. The number of hydrogen-bond acceptors (Lipinski definition) is 2. The Morgan fingerprint density at radius 1 is 1.11 bits per heavy atom. The van der Waals surface area contributed by atoms with E-state index < -0.39 is 0 Å². The Kier molecular flexibility index (Phi) is 3.35. The van der Waals surface area contributed by atoms with Gasteiger partial charge in [0, 0.05) is 26.2 Å². The maximum atomic E-state index is 13.4. The summed E-state index contributed by atoms with van der Waals surface area (Å²) in [5.41, 5.74) is 7.55. The first-order chi connectivity index (χ1) is 8.74. The van der Waals surface area contributed by atoms with E-state index in [-0.39, 0.29) is 5.82 Å². The van der Waals surface area contributed by atoms with Crippen molar-refractivity contribution in [2.45, 2.75) is 32.4 Å². The molecule has 18 heavy (non-hydrogen) atoms. The standard InChI is InChI=1S/C15H21FN2/c16-15-5-11(7-17)4-12(6-15)8-18-9-13-2-1-3-14(13)10-18/h4-6,13-14H,1-3,7-10,17H2. The van der Waals surface area contributed by atoms with E-state index in [1.165, 1.54) is 38.4 Å². The molecular weight excluding hydrogens is 227 g/mol. The predicted molar refractivity (Wildman–Crippen MR) is 70.4 cm³/mol. The van der Waals surface area contributed by atoms with Crippen LogP contribution in [0.1, 0.15) is 30.4 Å². The van der Waals surface area contributed by atoms with Gasteiger partial charge in [0.15, 0.2) is 0 Å². The summed E-state index contributed by atoms with van der Waals surface area (Å²) < 4.78 is 13.4. The maximum absolute atomic E-state index is 13.4. The number of likely N-dealkylation sites (tertiary alicyclic amines) is 1. The molecule has 3 heteroatoms. The van der Waals surface area contributed by atoms with Crippen LogP contribution in [0, 0.1) is 17.7 Å². The molecule has 0 bridgehead atoms. The van der Waals surface area contributed by atoms with Gasteiger partial charge >= 0.3 is 0 Å². The molecule has 1 saturated heterocycles. The number of halogens is 1. The van der Waals surface area contributed by atoms with Gasteiger partial charge in [-0.15, -0.1) is 0 Å². The first kappa shape index (κ1) is 12.1. The van der Waals surface area contributed by atoms with E-state index in [1.54, 1.807) is 6.07 Å². The lowest BCUT2D eigenvalue weighted by Gasteiger charge is -2.17. The zero-order valence-corrected chi connectivity index (χ0v) is 10.7. The number of rotatable bonds is 3. The van der Waals surface area contributed by atoms with Gasteiger partial charge in [0.1, 0.15) is 5.82 Å². The predicted octanol–water partition coefficient (Wildman–Crippen LogP) is 2.52. The van der Waals surface area contributed by atoms with Crippen LogP contribution < -0.4 is 5.73 Å². The van der Waals surface area contributed by atoms with Crippen molar-refractivity contribution in [3.63, 3.8) is 0 Å². The highest BCUT2D eigenvalue weighted by Crippen LogP contribution is 2.38. The zero-order valence-electron chi connectivity index (χ0n) is 10.7. The fraction of sp³-hybridized carbons (Fsp3) is 0.600. The van der Waals surface area contributed by atoms with Crippen molar-refractivity contribution < 1.29 is 4.39 Å². The maximum Gasteiger partial charge on any atom is 0.123 e. The summed E-state index contributed by atoms with van der Waals surface area (Å²) in [6.45, 7) is 3.67. The number of hydrogen-bond donors (Lipinski definition) is 1. The van der Waals surface area contributed by atoms with Crippen molar-refractivity contribution in [2.24, 2.45) is 17.6 Å². The molecule has 1 aromatic carbocycles. The van der Waals surface area contributed by atoms with Gasteiger partial charge in [0.05, 0.1) is 0 Å². The van der Waals surface area contributed by atoms with Crippen molar-refractivity contribution in [3.05, 3.63) is 35.1 Å². The SMILES string of the molecule is NCc1cc(F)cc(CN2CC3CCCC3C2)c1. The molecular formula is C15H21FN2. The van der Waals surface area contributed by atoms with Crippen LogP contribution in [0.2, 0.25) is 0 Å². The van der Waals surface area contributed by atoms with E-state index in [9.17, 15) is 4.39 Å². The number of nitrogens with zero attached hydrogens (tertiary/aromatic N) is 1. The minimum absolute atomic E-state index is 0.160. The monoisotopic (exact) mass is 248 g/mol. The Bertz CT molecular complexity index is 421. The van der Waals surface area contributed by atoms with Crippen LogP contribution >= 0.6 is 0 Å². The Balaban J connectivity index is 1.68. The minimum Gasteiger partial charge on any atom is -0.326 e. The third kappa shape index (κ3) is 2.43. The molecule has 98 valence electrons. The van der Waals surface area contributed by atoms with Crippen LogP contribution in [0.5, 0.6) is 0 Å². The molecule has 0 radical (unpaired) electrons. The van der Waals surface area contributed by atoms with Crippen LogP contribution in [0.4, 0.5) is 4.39 Å². The molecule has 1 aliphatic carbocycles. The Morgan fingerprint density at radius 2 is 1.78 bits per heavy atom. The molecule has 2 aliphatic rings. The Morgan fingerprint density at radius 3 is 2.44 bits per heavy atom. The Labute approximate surface area is 108 Å². The molecule has 1 aliphatic heterocycles. The summed E-state index contributed by atoms with van der Waals surface area (Å²) in [5, 5.41) is 0. The lowest BCUT2D eigenvalue weighted by molar-refractivity contribution is 0.303. The lowest BCUT2D eigenvalue weighted by Crippen LogP contribution is -2.21. The van der Waals surface area contributed by atoms with E-state index >= 15 is 0 Å². The summed E-state index contributed by atoms with van der Waals surface area (Å²) in [5.74, 6) is 1.63. The topological polar surface area (TPSA) is 29.3 Å². The van der Waals surface area contributed by atoms with E-state index in [0.717, 1.165) is 29.5 Å². The second kappa shape index (κ2) is 4.98. The number of nitrogens with two attached hydrogens (primary N) is 1. The molecule has 1 saturated carbocycles. The molecule has 0 aromatic heterocycles. The van der Waals surface area contributed by atoms with Crippen molar-refractivity contribution in [2.75, 3.05) is 13.1 Å². The van der Waals surface area contributed by atoms with Gasteiger partial charge in [-0.3, -0.25) is 4.90 Å². The molecule has 0 spiro atoms. The molecule has 1 heterocycles. The van der Waals surface area contributed by atoms with Gasteiger partial charge in [-0.1, -0.05) is 12.5 Å². The fourth-order valence-corrected chi connectivity index (χ4v) is 3.65. The summed E-state index contributed by atoms with van der Waals surface area (Å²) in [7, 11) is 0. The van der Waals surface area contributed by atoms with E-state index in [2.05, 4.69) is 4.90 Å². The zero-order chi connectivity index (χ0) is 12.5. The number of fused-ring (bicyclic) bond motifs is 1. The smallest absolute Gasteiger partial charge is 0.123 e. The molecule has 2 unspecified atom stereocenters.